The fourth-order valence-corrected chi connectivity index (χ4v) is 2.46. The van der Waals surface area contributed by atoms with Crippen LogP contribution >= 0.6 is 58.0 Å². The first kappa shape index (κ1) is 13.9. The largest absolute Gasteiger partial charge is 0.332 e. The quantitative estimate of drug-likeness (QED) is 0.508. The van der Waals surface area contributed by atoms with Crippen LogP contribution in [0.3, 0.4) is 0 Å². The molecule has 1 aliphatic heterocycles. The van der Waals surface area contributed by atoms with Gasteiger partial charge < -0.3 is 4.74 Å². The number of rotatable bonds is 0. The van der Waals surface area contributed by atoms with Crippen molar-refractivity contribution in [3.8, 4) is 0 Å². The first-order valence-electron chi connectivity index (χ1n) is 3.98. The van der Waals surface area contributed by atoms with Crippen molar-refractivity contribution in [1.29, 1.82) is 0 Å². The van der Waals surface area contributed by atoms with E-state index >= 15 is 0 Å². The minimum absolute atomic E-state index is 0.430. The Kier molecular flexibility index (Phi) is 3.98. The van der Waals surface area contributed by atoms with Gasteiger partial charge in [0.1, 0.15) is 5.50 Å². The molecule has 0 saturated carbocycles. The van der Waals surface area contributed by atoms with Crippen LogP contribution < -0.4 is 0 Å². The summed E-state index contributed by atoms with van der Waals surface area (Å²) in [6, 6.07) is 0. The molecule has 0 aromatic rings. The van der Waals surface area contributed by atoms with E-state index in [0.29, 0.717) is 0 Å². The fraction of sp³-hybridized carbons (Fsp3) is 0.857. The van der Waals surface area contributed by atoms with E-state index in [1.165, 1.54) is 6.92 Å². The van der Waals surface area contributed by atoms with Crippen LogP contribution in [0.5, 0.6) is 0 Å². The third-order valence-electron chi connectivity index (χ3n) is 1.97. The van der Waals surface area contributed by atoms with Crippen LogP contribution in [-0.4, -0.2) is 31.4 Å². The maximum absolute atomic E-state index is 11.4. The molecule has 1 fully saturated rings. The van der Waals surface area contributed by atoms with Gasteiger partial charge in [-0.25, -0.2) is 0 Å². The van der Waals surface area contributed by atoms with Gasteiger partial charge in [-0.05, 0) is 6.92 Å². The lowest BCUT2D eigenvalue weighted by atomic mass is 10.4. The molecule has 8 heteroatoms. The van der Waals surface area contributed by atoms with Crippen molar-refractivity contribution in [3.63, 3.8) is 0 Å². The number of ether oxygens (including phenoxy) is 1. The van der Waals surface area contributed by atoms with Crippen molar-refractivity contribution < 1.29 is 9.53 Å². The van der Waals surface area contributed by atoms with Gasteiger partial charge in [0.15, 0.2) is 0 Å². The molecule has 0 aliphatic carbocycles. The van der Waals surface area contributed by atoms with E-state index in [1.807, 2.05) is 0 Å². The number of hydrogen-bond acceptors (Lipinski definition) is 2. The van der Waals surface area contributed by atoms with Crippen LogP contribution in [0.1, 0.15) is 13.8 Å². The predicted molar refractivity (Wildman–Crippen MR) is 61.6 cm³/mol. The number of amides is 1. The molecule has 0 N–H and O–H groups in total. The summed E-state index contributed by atoms with van der Waals surface area (Å²) in [6.07, 6.45) is -0.524. The minimum Gasteiger partial charge on any atom is -0.332 e. The summed E-state index contributed by atoms with van der Waals surface area (Å²) in [5.74, 6) is -0.430. The molecule has 1 amide bonds. The molecule has 1 rings (SSSR count). The van der Waals surface area contributed by atoms with Crippen LogP contribution in [0, 0.1) is 0 Å². The second-order valence-electron chi connectivity index (χ2n) is 3.14. The van der Waals surface area contributed by atoms with Crippen molar-refractivity contribution in [2.45, 2.75) is 34.4 Å². The maximum Gasteiger partial charge on any atom is 0.271 e. The number of carbonyl (C=O) groups is 1. The molecule has 3 nitrogen and oxygen atoms in total. The van der Waals surface area contributed by atoms with Gasteiger partial charge in [0.25, 0.3) is 8.98 Å². The average molecular weight is 315 g/mol. The summed E-state index contributed by atoms with van der Waals surface area (Å²) < 4.78 is 3.25. The number of halogens is 5. The molecule has 0 spiro atoms. The van der Waals surface area contributed by atoms with Crippen LogP contribution in [0.25, 0.3) is 0 Å². The standard InChI is InChI=1S/C7H8Cl5NO2/c1-3-5(8)13(4(2)14)7(12,15-3)6(9,10)11/h3,5H,1-2H3. The summed E-state index contributed by atoms with van der Waals surface area (Å²) in [6.45, 7) is 2.90. The molecular formula is C7H8Cl5NO2. The molecule has 0 radical (unpaired) electrons. The number of alkyl halides is 5. The van der Waals surface area contributed by atoms with Crippen LogP contribution in [0.2, 0.25) is 0 Å². The number of carbonyl (C=O) groups excluding carboxylic acids is 1. The summed E-state index contributed by atoms with van der Waals surface area (Å²) in [4.78, 5) is 12.4. The molecule has 0 aromatic heterocycles. The molecule has 88 valence electrons. The third-order valence-corrected chi connectivity index (χ3v) is 4.14. The molecule has 15 heavy (non-hydrogen) atoms. The zero-order valence-electron chi connectivity index (χ0n) is 7.81. The lowest BCUT2D eigenvalue weighted by molar-refractivity contribution is -0.137. The Morgan fingerprint density at radius 1 is 1.47 bits per heavy atom. The lowest BCUT2D eigenvalue weighted by Gasteiger charge is -2.36. The van der Waals surface area contributed by atoms with E-state index < -0.39 is 26.5 Å². The second-order valence-corrected chi connectivity index (χ2v) is 6.38. The SMILES string of the molecule is CC(=O)N1C(Cl)C(C)OC1(Cl)C(Cl)(Cl)Cl. The third kappa shape index (κ3) is 2.28. The van der Waals surface area contributed by atoms with E-state index in [9.17, 15) is 4.79 Å². The van der Waals surface area contributed by atoms with E-state index in [-0.39, 0.29) is 0 Å². The van der Waals surface area contributed by atoms with Gasteiger partial charge in [0.05, 0.1) is 6.10 Å². The molecular weight excluding hydrogens is 307 g/mol. The Labute approximate surface area is 112 Å². The first-order valence-corrected chi connectivity index (χ1v) is 5.93. The molecule has 0 bridgehead atoms. The van der Waals surface area contributed by atoms with Gasteiger partial charge in [-0.1, -0.05) is 58.0 Å². The van der Waals surface area contributed by atoms with Gasteiger partial charge in [-0.15, -0.1) is 0 Å². The van der Waals surface area contributed by atoms with Crippen LogP contribution in [0.15, 0.2) is 0 Å². The van der Waals surface area contributed by atoms with E-state index in [1.54, 1.807) is 6.92 Å². The van der Waals surface area contributed by atoms with Gasteiger partial charge in [-0.2, -0.15) is 0 Å². The highest BCUT2D eigenvalue weighted by Gasteiger charge is 2.62. The Hall–Kier alpha value is 0.880. The van der Waals surface area contributed by atoms with Gasteiger partial charge in [0.2, 0.25) is 5.91 Å². The monoisotopic (exact) mass is 313 g/mol. The number of hydrogen-bond donors (Lipinski definition) is 0. The van der Waals surface area contributed by atoms with Crippen molar-refractivity contribution >= 4 is 63.9 Å². The fourth-order valence-electron chi connectivity index (χ4n) is 1.31. The lowest BCUT2D eigenvalue weighted by Crippen LogP contribution is -2.53. The topological polar surface area (TPSA) is 29.5 Å². The highest BCUT2D eigenvalue weighted by Crippen LogP contribution is 2.51. The zero-order valence-corrected chi connectivity index (χ0v) is 11.6. The summed E-state index contributed by atoms with van der Waals surface area (Å²) in [7, 11) is 0. The zero-order chi connectivity index (χ0) is 12.0. The average Bonchev–Trinajstić information content (AvgIpc) is 2.22. The maximum atomic E-state index is 11.4. The van der Waals surface area contributed by atoms with Crippen LogP contribution in [0.4, 0.5) is 0 Å². The Balaban J connectivity index is 3.14. The highest BCUT2D eigenvalue weighted by atomic mass is 35.6. The predicted octanol–water partition coefficient (Wildman–Crippen LogP) is 3.08. The normalized spacial score (nSPS) is 37.1. The Morgan fingerprint density at radius 3 is 2.20 bits per heavy atom. The van der Waals surface area contributed by atoms with Gasteiger partial charge in [0, 0.05) is 6.92 Å². The van der Waals surface area contributed by atoms with E-state index in [4.69, 9.17) is 62.7 Å². The molecule has 1 aliphatic rings. The van der Waals surface area contributed by atoms with Crippen molar-refractivity contribution in [2.75, 3.05) is 0 Å². The van der Waals surface area contributed by atoms with Gasteiger partial charge >= 0.3 is 0 Å². The van der Waals surface area contributed by atoms with Gasteiger partial charge in [-0.3, -0.25) is 9.69 Å². The summed E-state index contributed by atoms with van der Waals surface area (Å²) in [5, 5.41) is -1.87. The van der Waals surface area contributed by atoms with Crippen molar-refractivity contribution in [2.24, 2.45) is 0 Å². The Morgan fingerprint density at radius 2 is 1.93 bits per heavy atom. The molecule has 3 atom stereocenters. The number of nitrogens with zero attached hydrogens (tertiary/aromatic N) is 1. The second kappa shape index (κ2) is 4.28. The Bertz CT molecular complexity index is 281. The van der Waals surface area contributed by atoms with Crippen molar-refractivity contribution in [3.05, 3.63) is 0 Å². The molecule has 0 aromatic carbocycles. The molecule has 1 saturated heterocycles. The molecule has 3 unspecified atom stereocenters. The van der Waals surface area contributed by atoms with Crippen molar-refractivity contribution in [1.82, 2.24) is 4.90 Å². The highest BCUT2D eigenvalue weighted by molar-refractivity contribution is 6.70. The summed E-state index contributed by atoms with van der Waals surface area (Å²) in [5.41, 5.74) is -0.768. The minimum atomic E-state index is -1.99. The van der Waals surface area contributed by atoms with Crippen LogP contribution in [-0.2, 0) is 9.53 Å². The first-order chi connectivity index (χ1) is 6.61. The summed E-state index contributed by atoms with van der Waals surface area (Å²) >= 11 is 28.9. The molecule has 1 heterocycles. The van der Waals surface area contributed by atoms with E-state index in [0.717, 1.165) is 4.90 Å². The smallest absolute Gasteiger partial charge is 0.271 e. The van der Waals surface area contributed by atoms with E-state index in [2.05, 4.69) is 0 Å².